The minimum absolute atomic E-state index is 0.0906. The van der Waals surface area contributed by atoms with Gasteiger partial charge in [-0.15, -0.1) is 0 Å². The Hall–Kier alpha value is -2.04. The number of amides is 2. The van der Waals surface area contributed by atoms with Crippen LogP contribution in [0.3, 0.4) is 0 Å². The fraction of sp³-hybridized carbons (Fsp3) is 0.222. The number of nitrogens with zero attached hydrogens (tertiary/aromatic N) is 1. The number of nitrogens with one attached hydrogen (secondary N) is 1. The van der Waals surface area contributed by atoms with Crippen LogP contribution < -0.4 is 10.2 Å². The highest BCUT2D eigenvalue weighted by atomic mass is 35.5. The molecule has 24 heavy (non-hydrogen) atoms. The minimum atomic E-state index is -0.637. The second-order valence-corrected chi connectivity index (χ2v) is 6.46. The zero-order valence-electron chi connectivity index (χ0n) is 13.1. The molecule has 1 aliphatic heterocycles. The number of carbonyl (C=O) groups is 2. The van der Waals surface area contributed by atoms with E-state index in [0.717, 1.165) is 12.0 Å². The van der Waals surface area contributed by atoms with Crippen molar-refractivity contribution < 1.29 is 9.59 Å². The molecule has 1 unspecified atom stereocenters. The molecule has 3 rings (SSSR count). The van der Waals surface area contributed by atoms with Gasteiger partial charge >= 0.3 is 0 Å². The van der Waals surface area contributed by atoms with Crippen molar-refractivity contribution in [2.75, 3.05) is 10.2 Å². The molecule has 0 saturated carbocycles. The van der Waals surface area contributed by atoms with Gasteiger partial charge in [0.25, 0.3) is 5.91 Å². The van der Waals surface area contributed by atoms with Gasteiger partial charge in [0.1, 0.15) is 6.04 Å². The van der Waals surface area contributed by atoms with Crippen LogP contribution >= 0.6 is 23.2 Å². The molecule has 1 saturated heterocycles. The van der Waals surface area contributed by atoms with E-state index in [0.29, 0.717) is 21.4 Å². The highest BCUT2D eigenvalue weighted by Gasteiger charge is 2.39. The summed E-state index contributed by atoms with van der Waals surface area (Å²) in [5, 5.41) is 3.96. The van der Waals surface area contributed by atoms with Gasteiger partial charge in [0.15, 0.2) is 0 Å². The Morgan fingerprint density at radius 2 is 1.83 bits per heavy atom. The van der Waals surface area contributed by atoms with E-state index >= 15 is 0 Å². The predicted octanol–water partition coefficient (Wildman–Crippen LogP) is 4.30. The van der Waals surface area contributed by atoms with Crippen molar-refractivity contribution in [1.82, 2.24) is 0 Å². The average molecular weight is 363 g/mol. The van der Waals surface area contributed by atoms with Crippen LogP contribution in [-0.2, 0) is 16.0 Å². The smallest absolute Gasteiger partial charge is 0.256 e. The van der Waals surface area contributed by atoms with Gasteiger partial charge in [0.2, 0.25) is 5.91 Å². The van der Waals surface area contributed by atoms with E-state index < -0.39 is 6.04 Å². The lowest BCUT2D eigenvalue weighted by Gasteiger charge is -2.17. The molecule has 4 nitrogen and oxygen atoms in total. The number of hydrogen-bond acceptors (Lipinski definition) is 3. The average Bonchev–Trinajstić information content (AvgIpc) is 2.84. The van der Waals surface area contributed by atoms with Crippen LogP contribution in [0.1, 0.15) is 18.9 Å². The van der Waals surface area contributed by atoms with Gasteiger partial charge in [-0.05, 0) is 42.3 Å². The SMILES string of the molecule is CCc1ccc(N2C(=O)CC(Nc3ccc(Cl)cc3Cl)C2=O)cc1. The third kappa shape index (κ3) is 3.25. The Balaban J connectivity index is 1.80. The molecule has 0 spiro atoms. The summed E-state index contributed by atoms with van der Waals surface area (Å²) in [6.45, 7) is 2.05. The number of carbonyl (C=O) groups excluding carboxylic acids is 2. The molecule has 1 N–H and O–H groups in total. The van der Waals surface area contributed by atoms with Gasteiger partial charge in [-0.2, -0.15) is 0 Å². The summed E-state index contributed by atoms with van der Waals surface area (Å²) in [5.41, 5.74) is 2.32. The molecular weight excluding hydrogens is 347 g/mol. The van der Waals surface area contributed by atoms with Gasteiger partial charge in [0.05, 0.1) is 22.8 Å². The van der Waals surface area contributed by atoms with Gasteiger partial charge in [-0.1, -0.05) is 42.3 Å². The molecule has 0 bridgehead atoms. The van der Waals surface area contributed by atoms with Crippen molar-refractivity contribution in [3.63, 3.8) is 0 Å². The molecule has 0 radical (unpaired) electrons. The van der Waals surface area contributed by atoms with Crippen molar-refractivity contribution in [2.45, 2.75) is 25.8 Å². The van der Waals surface area contributed by atoms with E-state index in [-0.39, 0.29) is 18.2 Å². The van der Waals surface area contributed by atoms with Crippen molar-refractivity contribution in [1.29, 1.82) is 0 Å². The van der Waals surface area contributed by atoms with Crippen molar-refractivity contribution in [2.24, 2.45) is 0 Å². The molecule has 6 heteroatoms. The maximum atomic E-state index is 12.6. The standard InChI is InChI=1S/C18H16Cl2N2O2/c1-2-11-3-6-13(7-4-11)22-17(23)10-16(18(22)24)21-15-8-5-12(19)9-14(15)20/h3-9,16,21H,2,10H2,1H3. The van der Waals surface area contributed by atoms with Crippen LogP contribution in [0.5, 0.6) is 0 Å². The first kappa shape index (κ1) is 16.8. The van der Waals surface area contributed by atoms with E-state index in [1.54, 1.807) is 30.3 Å². The van der Waals surface area contributed by atoms with Crippen LogP contribution in [0, 0.1) is 0 Å². The Labute approximate surface area is 150 Å². The summed E-state index contributed by atoms with van der Waals surface area (Å²) in [6, 6.07) is 11.8. The third-order valence-electron chi connectivity index (χ3n) is 4.01. The second kappa shape index (κ2) is 6.83. The molecule has 2 aromatic rings. The molecular formula is C18H16Cl2N2O2. The zero-order chi connectivity index (χ0) is 17.3. The quantitative estimate of drug-likeness (QED) is 0.824. The number of aryl methyl sites for hydroxylation is 1. The van der Waals surface area contributed by atoms with Gasteiger partial charge in [0, 0.05) is 5.02 Å². The molecule has 1 heterocycles. The Kier molecular flexibility index (Phi) is 4.78. The van der Waals surface area contributed by atoms with Gasteiger partial charge in [-0.25, -0.2) is 4.90 Å². The number of rotatable bonds is 4. The first-order chi connectivity index (χ1) is 11.5. The van der Waals surface area contributed by atoms with E-state index in [1.165, 1.54) is 4.90 Å². The minimum Gasteiger partial charge on any atom is -0.372 e. The molecule has 2 aromatic carbocycles. The number of halogens is 2. The Morgan fingerprint density at radius 1 is 1.12 bits per heavy atom. The first-order valence-corrected chi connectivity index (χ1v) is 8.42. The summed E-state index contributed by atoms with van der Waals surface area (Å²) in [4.78, 5) is 26.1. The van der Waals surface area contributed by atoms with Crippen LogP contribution in [0.15, 0.2) is 42.5 Å². The van der Waals surface area contributed by atoms with E-state index in [2.05, 4.69) is 12.2 Å². The molecule has 2 amide bonds. The van der Waals surface area contributed by atoms with Crippen LogP contribution in [0.4, 0.5) is 11.4 Å². The van der Waals surface area contributed by atoms with Crippen LogP contribution in [0.25, 0.3) is 0 Å². The number of benzene rings is 2. The maximum absolute atomic E-state index is 12.6. The lowest BCUT2D eigenvalue weighted by molar-refractivity contribution is -0.121. The predicted molar refractivity (Wildman–Crippen MR) is 96.8 cm³/mol. The van der Waals surface area contributed by atoms with E-state index in [9.17, 15) is 9.59 Å². The van der Waals surface area contributed by atoms with Gasteiger partial charge in [-0.3, -0.25) is 9.59 Å². The largest absolute Gasteiger partial charge is 0.372 e. The van der Waals surface area contributed by atoms with Gasteiger partial charge < -0.3 is 5.32 Å². The number of imide groups is 1. The molecule has 0 aliphatic carbocycles. The molecule has 1 aliphatic rings. The van der Waals surface area contributed by atoms with Crippen molar-refractivity contribution in [3.8, 4) is 0 Å². The molecule has 1 atom stereocenters. The first-order valence-electron chi connectivity index (χ1n) is 7.67. The maximum Gasteiger partial charge on any atom is 0.256 e. The summed E-state index contributed by atoms with van der Waals surface area (Å²) in [5.74, 6) is -0.512. The summed E-state index contributed by atoms with van der Waals surface area (Å²) < 4.78 is 0. The van der Waals surface area contributed by atoms with Crippen molar-refractivity contribution in [3.05, 3.63) is 58.1 Å². The monoisotopic (exact) mass is 362 g/mol. The number of hydrogen-bond donors (Lipinski definition) is 1. The molecule has 0 aromatic heterocycles. The highest BCUT2D eigenvalue weighted by molar-refractivity contribution is 6.36. The normalized spacial score (nSPS) is 17.5. The topological polar surface area (TPSA) is 49.4 Å². The Morgan fingerprint density at radius 3 is 2.46 bits per heavy atom. The summed E-state index contributed by atoms with van der Waals surface area (Å²) >= 11 is 12.0. The van der Waals surface area contributed by atoms with Crippen LogP contribution in [0.2, 0.25) is 10.0 Å². The van der Waals surface area contributed by atoms with Crippen molar-refractivity contribution >= 4 is 46.4 Å². The fourth-order valence-electron chi connectivity index (χ4n) is 2.69. The summed E-state index contributed by atoms with van der Waals surface area (Å²) in [7, 11) is 0. The van der Waals surface area contributed by atoms with E-state index in [4.69, 9.17) is 23.2 Å². The highest BCUT2D eigenvalue weighted by Crippen LogP contribution is 2.29. The molecule has 124 valence electrons. The third-order valence-corrected chi connectivity index (χ3v) is 4.56. The number of anilines is 2. The van der Waals surface area contributed by atoms with E-state index in [1.807, 2.05) is 12.1 Å². The fourth-order valence-corrected chi connectivity index (χ4v) is 3.15. The second-order valence-electron chi connectivity index (χ2n) is 5.61. The lowest BCUT2D eigenvalue weighted by Crippen LogP contribution is -2.34. The summed E-state index contributed by atoms with van der Waals surface area (Å²) in [6.07, 6.45) is 0.995. The zero-order valence-corrected chi connectivity index (χ0v) is 14.6. The lowest BCUT2D eigenvalue weighted by atomic mass is 10.1. The Bertz CT molecular complexity index is 790. The molecule has 1 fully saturated rings. The van der Waals surface area contributed by atoms with Crippen LogP contribution in [-0.4, -0.2) is 17.9 Å².